The van der Waals surface area contributed by atoms with E-state index in [4.69, 9.17) is 9.84 Å². The van der Waals surface area contributed by atoms with Crippen LogP contribution < -0.4 is 0 Å². The Kier molecular flexibility index (Phi) is 4.34. The second kappa shape index (κ2) is 5.53. The number of aliphatic carboxylic acids is 1. The van der Waals surface area contributed by atoms with Crippen LogP contribution in [0.1, 0.15) is 19.8 Å². The minimum atomic E-state index is -0.853. The van der Waals surface area contributed by atoms with Crippen LogP contribution in [0.15, 0.2) is 12.7 Å². The van der Waals surface area contributed by atoms with Crippen molar-refractivity contribution in [2.75, 3.05) is 13.2 Å². The normalized spacial score (nSPS) is 24.9. The molecule has 90 valence electrons. The molecule has 1 saturated heterocycles. The summed E-state index contributed by atoms with van der Waals surface area (Å²) in [7, 11) is 0. The van der Waals surface area contributed by atoms with Gasteiger partial charge in [-0.2, -0.15) is 0 Å². The summed E-state index contributed by atoms with van der Waals surface area (Å²) in [5, 5.41) is 8.91. The molecule has 1 fully saturated rings. The lowest BCUT2D eigenvalue weighted by Gasteiger charge is -2.35. The highest BCUT2D eigenvalue weighted by molar-refractivity contribution is 5.73. The highest BCUT2D eigenvalue weighted by Crippen LogP contribution is 2.22. The zero-order valence-electron chi connectivity index (χ0n) is 9.39. The number of piperidine rings is 1. The fourth-order valence-electron chi connectivity index (χ4n) is 1.78. The zero-order valence-corrected chi connectivity index (χ0v) is 9.39. The zero-order chi connectivity index (χ0) is 12.1. The lowest BCUT2D eigenvalue weighted by Crippen LogP contribution is -2.47. The minimum Gasteiger partial charge on any atom is -0.481 e. The molecule has 2 unspecified atom stereocenters. The fourth-order valence-corrected chi connectivity index (χ4v) is 1.78. The third-order valence-electron chi connectivity index (χ3n) is 2.79. The van der Waals surface area contributed by atoms with E-state index in [0.29, 0.717) is 12.8 Å². The van der Waals surface area contributed by atoms with Gasteiger partial charge in [0.1, 0.15) is 6.61 Å². The predicted octanol–water partition coefficient (Wildman–Crippen LogP) is 1.49. The molecule has 5 heteroatoms. The molecule has 0 aromatic rings. The first kappa shape index (κ1) is 12.5. The summed E-state index contributed by atoms with van der Waals surface area (Å²) in [4.78, 5) is 23.9. The first-order chi connectivity index (χ1) is 7.56. The van der Waals surface area contributed by atoms with Crippen LogP contribution in [0.3, 0.4) is 0 Å². The van der Waals surface area contributed by atoms with Crippen molar-refractivity contribution < 1.29 is 19.4 Å². The molecule has 0 bridgehead atoms. The van der Waals surface area contributed by atoms with Crippen molar-refractivity contribution in [1.82, 2.24) is 4.90 Å². The van der Waals surface area contributed by atoms with Crippen LogP contribution in [0.4, 0.5) is 4.79 Å². The summed E-state index contributed by atoms with van der Waals surface area (Å²) in [6, 6.07) is 0.0351. The Morgan fingerprint density at radius 2 is 2.25 bits per heavy atom. The number of carboxylic acid groups (broad SMARTS) is 1. The van der Waals surface area contributed by atoms with E-state index in [1.165, 1.54) is 11.0 Å². The Hall–Kier alpha value is -1.52. The quantitative estimate of drug-likeness (QED) is 0.742. The second-order valence-corrected chi connectivity index (χ2v) is 3.98. The molecule has 0 aromatic heterocycles. The van der Waals surface area contributed by atoms with Crippen LogP contribution in [-0.2, 0) is 9.53 Å². The highest BCUT2D eigenvalue weighted by Gasteiger charge is 2.33. The Balaban J connectivity index is 2.58. The van der Waals surface area contributed by atoms with E-state index in [1.807, 2.05) is 6.92 Å². The third-order valence-corrected chi connectivity index (χ3v) is 2.79. The summed E-state index contributed by atoms with van der Waals surface area (Å²) >= 11 is 0. The molecule has 1 amide bonds. The van der Waals surface area contributed by atoms with Gasteiger partial charge in [-0.15, -0.1) is 0 Å². The van der Waals surface area contributed by atoms with Crippen LogP contribution >= 0.6 is 0 Å². The molecule has 5 nitrogen and oxygen atoms in total. The molecule has 1 aliphatic heterocycles. The van der Waals surface area contributed by atoms with Gasteiger partial charge in [-0.05, 0) is 19.8 Å². The largest absolute Gasteiger partial charge is 0.481 e. The molecule has 16 heavy (non-hydrogen) atoms. The average Bonchev–Trinajstić information content (AvgIpc) is 2.26. The minimum absolute atomic E-state index is 0.0351. The summed E-state index contributed by atoms with van der Waals surface area (Å²) in [6.45, 7) is 5.73. The van der Waals surface area contributed by atoms with Gasteiger partial charge < -0.3 is 14.7 Å². The second-order valence-electron chi connectivity index (χ2n) is 3.98. The number of ether oxygens (including phenoxy) is 1. The van der Waals surface area contributed by atoms with E-state index in [-0.39, 0.29) is 19.2 Å². The Bertz CT molecular complexity index is 290. The number of carbonyl (C=O) groups is 2. The van der Waals surface area contributed by atoms with Crippen molar-refractivity contribution in [3.63, 3.8) is 0 Å². The number of hydrogen-bond donors (Lipinski definition) is 1. The molecular formula is C11H17NO4. The Labute approximate surface area is 94.7 Å². The highest BCUT2D eigenvalue weighted by atomic mass is 16.6. The molecular weight excluding hydrogens is 210 g/mol. The standard InChI is InChI=1S/C11H17NO4/c1-3-6-16-11(15)12-7-9(10(13)14)5-4-8(12)2/h3,8-9H,1,4-7H2,2H3,(H,13,14). The molecule has 0 spiro atoms. The van der Waals surface area contributed by atoms with Crippen molar-refractivity contribution in [1.29, 1.82) is 0 Å². The van der Waals surface area contributed by atoms with Gasteiger partial charge in [0.15, 0.2) is 0 Å². The molecule has 0 radical (unpaired) electrons. The van der Waals surface area contributed by atoms with E-state index in [9.17, 15) is 9.59 Å². The molecule has 0 aromatic carbocycles. The Morgan fingerprint density at radius 1 is 1.56 bits per heavy atom. The van der Waals surface area contributed by atoms with Gasteiger partial charge in [-0.25, -0.2) is 4.79 Å². The van der Waals surface area contributed by atoms with Gasteiger partial charge in [0.05, 0.1) is 5.92 Å². The van der Waals surface area contributed by atoms with Crippen molar-refractivity contribution >= 4 is 12.1 Å². The maximum absolute atomic E-state index is 11.6. The number of amides is 1. The average molecular weight is 227 g/mol. The van der Waals surface area contributed by atoms with Crippen molar-refractivity contribution in [2.24, 2.45) is 5.92 Å². The number of carboxylic acids is 1. The number of rotatable bonds is 3. The smallest absolute Gasteiger partial charge is 0.410 e. The van der Waals surface area contributed by atoms with E-state index in [2.05, 4.69) is 6.58 Å². The third kappa shape index (κ3) is 2.98. The van der Waals surface area contributed by atoms with Crippen LogP contribution in [0.5, 0.6) is 0 Å². The van der Waals surface area contributed by atoms with Crippen LogP contribution in [-0.4, -0.2) is 41.3 Å². The van der Waals surface area contributed by atoms with E-state index in [1.54, 1.807) is 0 Å². The number of likely N-dealkylation sites (tertiary alicyclic amines) is 1. The van der Waals surface area contributed by atoms with Crippen molar-refractivity contribution in [3.05, 3.63) is 12.7 Å². The van der Waals surface area contributed by atoms with Gasteiger partial charge in [-0.1, -0.05) is 12.7 Å². The fraction of sp³-hybridized carbons (Fsp3) is 0.636. The number of carbonyl (C=O) groups excluding carboxylic acids is 1. The summed E-state index contributed by atoms with van der Waals surface area (Å²) < 4.78 is 4.91. The summed E-state index contributed by atoms with van der Waals surface area (Å²) in [6.07, 6.45) is 2.33. The number of hydrogen-bond acceptors (Lipinski definition) is 3. The van der Waals surface area contributed by atoms with Crippen molar-refractivity contribution in [3.8, 4) is 0 Å². The van der Waals surface area contributed by atoms with E-state index in [0.717, 1.165) is 0 Å². The van der Waals surface area contributed by atoms with Gasteiger partial charge in [-0.3, -0.25) is 4.79 Å². The Morgan fingerprint density at radius 3 is 2.81 bits per heavy atom. The molecule has 1 heterocycles. The predicted molar refractivity (Wildman–Crippen MR) is 58.1 cm³/mol. The van der Waals surface area contributed by atoms with Gasteiger partial charge in [0.2, 0.25) is 0 Å². The van der Waals surface area contributed by atoms with Crippen LogP contribution in [0.25, 0.3) is 0 Å². The van der Waals surface area contributed by atoms with Gasteiger partial charge >= 0.3 is 12.1 Å². The molecule has 0 aliphatic carbocycles. The van der Waals surface area contributed by atoms with E-state index < -0.39 is 18.0 Å². The molecule has 0 saturated carbocycles. The maximum atomic E-state index is 11.6. The lowest BCUT2D eigenvalue weighted by molar-refractivity contribution is -0.143. The van der Waals surface area contributed by atoms with Gasteiger partial charge in [0.25, 0.3) is 0 Å². The summed E-state index contributed by atoms with van der Waals surface area (Å²) in [5.41, 5.74) is 0. The molecule has 1 aliphatic rings. The molecule has 2 atom stereocenters. The van der Waals surface area contributed by atoms with Crippen LogP contribution in [0, 0.1) is 5.92 Å². The summed E-state index contributed by atoms with van der Waals surface area (Å²) in [5.74, 6) is -1.33. The molecule has 1 rings (SSSR count). The maximum Gasteiger partial charge on any atom is 0.410 e. The van der Waals surface area contributed by atoms with Crippen LogP contribution in [0.2, 0.25) is 0 Å². The number of nitrogens with zero attached hydrogens (tertiary/aromatic N) is 1. The molecule has 1 N–H and O–H groups in total. The van der Waals surface area contributed by atoms with E-state index >= 15 is 0 Å². The topological polar surface area (TPSA) is 66.8 Å². The van der Waals surface area contributed by atoms with Gasteiger partial charge in [0, 0.05) is 12.6 Å². The SMILES string of the molecule is C=CCOC(=O)N1CC(C(=O)O)CCC1C. The van der Waals surface area contributed by atoms with Crippen molar-refractivity contribution in [2.45, 2.75) is 25.8 Å². The monoisotopic (exact) mass is 227 g/mol. The lowest BCUT2D eigenvalue weighted by atomic mass is 9.94. The first-order valence-corrected chi connectivity index (χ1v) is 5.33. The first-order valence-electron chi connectivity index (χ1n) is 5.33.